The smallest absolute Gasteiger partial charge is 0.245 e. The van der Waals surface area contributed by atoms with Crippen molar-refractivity contribution in [1.29, 1.82) is 0 Å². The Morgan fingerprint density at radius 2 is 1.88 bits per heavy atom. The maximum atomic E-state index is 12.2. The fraction of sp³-hybridized carbons (Fsp3) is 0.700. The van der Waals surface area contributed by atoms with Gasteiger partial charge in [0.25, 0.3) is 0 Å². The lowest BCUT2D eigenvalue weighted by Crippen LogP contribution is -2.54. The molecule has 1 aromatic heterocycles. The van der Waals surface area contributed by atoms with Crippen LogP contribution in [0.2, 0.25) is 18.1 Å². The Balaban J connectivity index is 3.03. The molecule has 0 amide bonds. The van der Waals surface area contributed by atoms with Gasteiger partial charge in [0.15, 0.2) is 4.21 Å². The summed E-state index contributed by atoms with van der Waals surface area (Å²) in [6.07, 6.45) is 1.43. The van der Waals surface area contributed by atoms with E-state index in [9.17, 15) is 8.42 Å². The summed E-state index contributed by atoms with van der Waals surface area (Å²) in [7, 11) is -5.49. The van der Waals surface area contributed by atoms with E-state index in [2.05, 4.69) is 30.1 Å². The van der Waals surface area contributed by atoms with E-state index in [-0.39, 0.29) is 5.04 Å². The standard InChI is InChI=1S/C10H20N2O2S2Si/c1-8-11-7-9(15-8)16(13,14)12-17(5,6)10(2,3)4/h7,12H,1-6H3. The summed E-state index contributed by atoms with van der Waals surface area (Å²) < 4.78 is 27.6. The van der Waals surface area contributed by atoms with Gasteiger partial charge in [0.1, 0.15) is 8.24 Å². The Morgan fingerprint density at radius 1 is 1.35 bits per heavy atom. The molecule has 0 aromatic carbocycles. The minimum atomic E-state index is -3.41. The number of thiazole rings is 1. The Labute approximate surface area is 109 Å². The molecule has 1 heterocycles. The van der Waals surface area contributed by atoms with E-state index in [0.29, 0.717) is 4.21 Å². The van der Waals surface area contributed by atoms with Crippen molar-refractivity contribution in [3.05, 3.63) is 11.2 Å². The zero-order valence-electron chi connectivity index (χ0n) is 11.2. The molecule has 0 aliphatic rings. The van der Waals surface area contributed by atoms with Crippen LogP contribution < -0.4 is 4.39 Å². The Hall–Kier alpha value is -0.243. The highest BCUT2D eigenvalue weighted by Crippen LogP contribution is 2.35. The molecule has 4 nitrogen and oxygen atoms in total. The molecule has 0 saturated carbocycles. The maximum absolute atomic E-state index is 12.2. The van der Waals surface area contributed by atoms with Crippen molar-refractivity contribution in [3.63, 3.8) is 0 Å². The van der Waals surface area contributed by atoms with Gasteiger partial charge in [-0.25, -0.2) is 17.8 Å². The van der Waals surface area contributed by atoms with Gasteiger partial charge >= 0.3 is 0 Å². The predicted octanol–water partition coefficient (Wildman–Crippen LogP) is 2.74. The lowest BCUT2D eigenvalue weighted by atomic mass is 10.2. The lowest BCUT2D eigenvalue weighted by molar-refractivity contribution is 0.591. The number of sulfonamides is 1. The van der Waals surface area contributed by atoms with E-state index < -0.39 is 18.3 Å². The van der Waals surface area contributed by atoms with E-state index in [0.717, 1.165) is 5.01 Å². The van der Waals surface area contributed by atoms with Gasteiger partial charge in [0, 0.05) is 0 Å². The van der Waals surface area contributed by atoms with Crippen molar-refractivity contribution >= 4 is 29.6 Å². The molecule has 0 radical (unpaired) electrons. The molecular weight excluding hydrogens is 272 g/mol. The third-order valence-electron chi connectivity index (χ3n) is 3.13. The molecule has 17 heavy (non-hydrogen) atoms. The van der Waals surface area contributed by atoms with Gasteiger partial charge in [-0.15, -0.1) is 11.3 Å². The quantitative estimate of drug-likeness (QED) is 0.871. The highest BCUT2D eigenvalue weighted by atomic mass is 32.2. The first kappa shape index (κ1) is 14.8. The number of nitrogens with zero attached hydrogens (tertiary/aromatic N) is 1. The zero-order valence-corrected chi connectivity index (χ0v) is 13.8. The largest absolute Gasteiger partial charge is 0.249 e. The highest BCUT2D eigenvalue weighted by Gasteiger charge is 2.39. The molecule has 1 rings (SSSR count). The zero-order chi connectivity index (χ0) is 13.5. The molecule has 98 valence electrons. The summed E-state index contributed by atoms with van der Waals surface area (Å²) in [6, 6.07) is 0. The number of nitrogens with one attached hydrogen (secondary N) is 1. The minimum Gasteiger partial charge on any atom is -0.249 e. The number of aryl methyl sites for hydroxylation is 1. The SMILES string of the molecule is Cc1ncc(S(=O)(=O)N[Si](C)(C)C(C)(C)C)s1. The second kappa shape index (κ2) is 4.45. The summed E-state index contributed by atoms with van der Waals surface area (Å²) in [5.41, 5.74) is 0. The van der Waals surface area contributed by atoms with Crippen molar-refractivity contribution in [1.82, 2.24) is 9.37 Å². The van der Waals surface area contributed by atoms with Crippen LogP contribution in [0.1, 0.15) is 25.8 Å². The number of hydrogen-bond donors (Lipinski definition) is 1. The van der Waals surface area contributed by atoms with E-state index in [1.807, 2.05) is 13.1 Å². The van der Waals surface area contributed by atoms with Crippen LogP contribution in [0, 0.1) is 6.92 Å². The molecule has 7 heteroatoms. The second-order valence-corrected chi connectivity index (χ2v) is 14.2. The van der Waals surface area contributed by atoms with Crippen molar-refractivity contribution in [2.24, 2.45) is 0 Å². The first-order valence-electron chi connectivity index (χ1n) is 5.42. The molecule has 0 fully saturated rings. The molecular formula is C10H20N2O2S2Si. The van der Waals surface area contributed by atoms with E-state index in [1.165, 1.54) is 17.5 Å². The Kier molecular flexibility index (Phi) is 3.88. The van der Waals surface area contributed by atoms with Gasteiger partial charge in [-0.1, -0.05) is 33.9 Å². The summed E-state index contributed by atoms with van der Waals surface area (Å²) >= 11 is 1.21. The fourth-order valence-corrected chi connectivity index (χ4v) is 7.19. The fourth-order valence-electron chi connectivity index (χ4n) is 1.01. The topological polar surface area (TPSA) is 59.1 Å². The van der Waals surface area contributed by atoms with Gasteiger partial charge in [-0.3, -0.25) is 0 Å². The average Bonchev–Trinajstić information content (AvgIpc) is 2.48. The van der Waals surface area contributed by atoms with E-state index in [4.69, 9.17) is 0 Å². The van der Waals surface area contributed by atoms with Crippen LogP contribution in [0.4, 0.5) is 0 Å². The van der Waals surface area contributed by atoms with Gasteiger partial charge < -0.3 is 0 Å². The third kappa shape index (κ3) is 3.37. The van der Waals surface area contributed by atoms with E-state index >= 15 is 0 Å². The summed E-state index contributed by atoms with van der Waals surface area (Å²) in [4.78, 5) is 3.99. The average molecular weight is 293 g/mol. The van der Waals surface area contributed by atoms with Crippen LogP contribution in [0.3, 0.4) is 0 Å². The van der Waals surface area contributed by atoms with Crippen LogP contribution >= 0.6 is 11.3 Å². The summed E-state index contributed by atoms with van der Waals surface area (Å²) in [5, 5.41) is 0.736. The molecule has 0 saturated heterocycles. The molecule has 0 aliphatic heterocycles. The van der Waals surface area contributed by atoms with Crippen molar-refractivity contribution < 1.29 is 8.42 Å². The van der Waals surface area contributed by atoms with Crippen LogP contribution in [-0.4, -0.2) is 21.6 Å². The number of hydrogen-bond acceptors (Lipinski definition) is 4. The second-order valence-electron chi connectivity index (χ2n) is 5.68. The van der Waals surface area contributed by atoms with E-state index in [1.54, 1.807) is 6.92 Å². The third-order valence-corrected chi connectivity index (χ3v) is 12.2. The minimum absolute atomic E-state index is 0.0280. The molecule has 1 aromatic rings. The summed E-state index contributed by atoms with van der Waals surface area (Å²) in [5.74, 6) is 0. The van der Waals surface area contributed by atoms with Crippen LogP contribution in [0.15, 0.2) is 10.4 Å². The Morgan fingerprint density at radius 3 is 2.24 bits per heavy atom. The van der Waals surface area contributed by atoms with Gasteiger partial charge in [0.2, 0.25) is 10.0 Å². The van der Waals surface area contributed by atoms with Crippen LogP contribution in [-0.2, 0) is 10.0 Å². The molecule has 0 atom stereocenters. The maximum Gasteiger partial charge on any atom is 0.245 e. The van der Waals surface area contributed by atoms with Gasteiger partial charge in [0.05, 0.1) is 11.2 Å². The first-order chi connectivity index (χ1) is 7.46. The van der Waals surface area contributed by atoms with Crippen molar-refractivity contribution in [2.45, 2.75) is 50.0 Å². The summed E-state index contributed by atoms with van der Waals surface area (Å²) in [6.45, 7) is 12.1. The van der Waals surface area contributed by atoms with Crippen LogP contribution in [0.5, 0.6) is 0 Å². The predicted molar refractivity (Wildman–Crippen MR) is 74.4 cm³/mol. The molecule has 1 N–H and O–H groups in total. The number of rotatable bonds is 3. The van der Waals surface area contributed by atoms with Gasteiger partial charge in [-0.05, 0) is 12.0 Å². The highest BCUT2D eigenvalue weighted by molar-refractivity contribution is 7.93. The van der Waals surface area contributed by atoms with Crippen molar-refractivity contribution in [2.75, 3.05) is 0 Å². The molecule has 0 aliphatic carbocycles. The monoisotopic (exact) mass is 292 g/mol. The number of aromatic nitrogens is 1. The molecule has 0 unspecified atom stereocenters. The van der Waals surface area contributed by atoms with Crippen molar-refractivity contribution in [3.8, 4) is 0 Å². The molecule has 0 bridgehead atoms. The first-order valence-corrected chi connectivity index (χ1v) is 10.7. The molecule has 0 spiro atoms. The lowest BCUT2D eigenvalue weighted by Gasteiger charge is -2.36. The normalized spacial score (nSPS) is 14.0. The van der Waals surface area contributed by atoms with Crippen LogP contribution in [0.25, 0.3) is 0 Å². The Bertz CT molecular complexity index is 501. The van der Waals surface area contributed by atoms with Gasteiger partial charge in [-0.2, -0.15) is 0 Å².